The van der Waals surface area contributed by atoms with Gasteiger partial charge in [-0.3, -0.25) is 9.79 Å². The molecular formula is C15H23BrN4O. The minimum absolute atomic E-state index is 0.0696. The van der Waals surface area contributed by atoms with Crippen molar-refractivity contribution in [3.05, 3.63) is 34.3 Å². The molecule has 0 unspecified atom stereocenters. The Labute approximate surface area is 134 Å². The highest BCUT2D eigenvalue weighted by Crippen LogP contribution is 2.10. The zero-order valence-corrected chi connectivity index (χ0v) is 14.2. The molecule has 0 atom stereocenters. The van der Waals surface area contributed by atoms with Crippen LogP contribution in [0.5, 0.6) is 0 Å². The number of hydrogen-bond donors (Lipinski definition) is 3. The van der Waals surface area contributed by atoms with Gasteiger partial charge >= 0.3 is 0 Å². The van der Waals surface area contributed by atoms with Gasteiger partial charge in [-0.2, -0.15) is 0 Å². The lowest BCUT2D eigenvalue weighted by molar-refractivity contribution is 0.0954. The fourth-order valence-electron chi connectivity index (χ4n) is 1.63. The largest absolute Gasteiger partial charge is 0.357 e. The maximum atomic E-state index is 11.9. The lowest BCUT2D eigenvalue weighted by Crippen LogP contribution is -2.41. The van der Waals surface area contributed by atoms with Gasteiger partial charge in [0, 0.05) is 36.2 Å². The van der Waals surface area contributed by atoms with E-state index in [4.69, 9.17) is 0 Å². The van der Waals surface area contributed by atoms with Gasteiger partial charge in [-0.15, -0.1) is 0 Å². The van der Waals surface area contributed by atoms with Gasteiger partial charge in [0.25, 0.3) is 5.91 Å². The average Bonchev–Trinajstić information content (AvgIpc) is 2.49. The normalized spacial score (nSPS) is 11.1. The first kappa shape index (κ1) is 17.5. The Morgan fingerprint density at radius 2 is 1.76 bits per heavy atom. The predicted octanol–water partition coefficient (Wildman–Crippen LogP) is 2.14. The molecule has 21 heavy (non-hydrogen) atoms. The van der Waals surface area contributed by atoms with Gasteiger partial charge in [0.2, 0.25) is 0 Å². The molecule has 0 aliphatic carbocycles. The van der Waals surface area contributed by atoms with Crippen LogP contribution in [0, 0.1) is 0 Å². The Morgan fingerprint density at radius 3 is 2.38 bits per heavy atom. The van der Waals surface area contributed by atoms with Crippen molar-refractivity contribution >= 4 is 27.8 Å². The zero-order valence-electron chi connectivity index (χ0n) is 12.6. The second kappa shape index (κ2) is 10.2. The van der Waals surface area contributed by atoms with E-state index < -0.39 is 0 Å². The number of aliphatic imine (C=N–C) groups is 1. The zero-order chi connectivity index (χ0) is 15.5. The first-order valence-corrected chi connectivity index (χ1v) is 8.02. The number of halogens is 1. The molecule has 0 aliphatic heterocycles. The molecule has 1 aromatic carbocycles. The van der Waals surface area contributed by atoms with Gasteiger partial charge in [0.1, 0.15) is 0 Å². The van der Waals surface area contributed by atoms with Crippen molar-refractivity contribution in [3.8, 4) is 0 Å². The number of carbonyl (C=O) groups excluding carboxylic acids is 1. The highest BCUT2D eigenvalue weighted by atomic mass is 79.9. The van der Waals surface area contributed by atoms with Crippen molar-refractivity contribution in [2.75, 3.05) is 26.2 Å². The highest BCUT2D eigenvalue weighted by Gasteiger charge is 2.04. The van der Waals surface area contributed by atoms with Gasteiger partial charge in [0.15, 0.2) is 5.96 Å². The van der Waals surface area contributed by atoms with E-state index in [2.05, 4.69) is 43.8 Å². The molecule has 0 spiro atoms. The average molecular weight is 355 g/mol. The third kappa shape index (κ3) is 7.13. The van der Waals surface area contributed by atoms with Crippen LogP contribution < -0.4 is 16.0 Å². The predicted molar refractivity (Wildman–Crippen MR) is 90.7 cm³/mol. The maximum absolute atomic E-state index is 11.9. The van der Waals surface area contributed by atoms with E-state index in [1.807, 2.05) is 19.1 Å². The Kier molecular flexibility index (Phi) is 8.50. The fraction of sp³-hybridized carbons (Fsp3) is 0.467. The monoisotopic (exact) mass is 354 g/mol. The molecule has 0 saturated heterocycles. The Bertz CT molecular complexity index is 459. The molecule has 3 N–H and O–H groups in total. The van der Waals surface area contributed by atoms with E-state index in [0.717, 1.165) is 29.9 Å². The third-order valence-corrected chi connectivity index (χ3v) is 3.18. The molecule has 0 aromatic heterocycles. The SMILES string of the molecule is CCCN=C(NCC)NCCNC(=O)c1ccc(Br)cc1. The number of rotatable bonds is 7. The first-order valence-electron chi connectivity index (χ1n) is 7.23. The van der Waals surface area contributed by atoms with Gasteiger partial charge in [-0.1, -0.05) is 22.9 Å². The number of amides is 1. The van der Waals surface area contributed by atoms with Crippen LogP contribution in [-0.2, 0) is 0 Å². The van der Waals surface area contributed by atoms with Crippen molar-refractivity contribution in [3.63, 3.8) is 0 Å². The van der Waals surface area contributed by atoms with Crippen LogP contribution >= 0.6 is 15.9 Å². The summed E-state index contributed by atoms with van der Waals surface area (Å²) in [7, 11) is 0. The van der Waals surface area contributed by atoms with Crippen LogP contribution in [0.3, 0.4) is 0 Å². The Balaban J connectivity index is 2.32. The molecule has 0 heterocycles. The first-order chi connectivity index (χ1) is 10.2. The van der Waals surface area contributed by atoms with Crippen molar-refractivity contribution < 1.29 is 4.79 Å². The van der Waals surface area contributed by atoms with Crippen molar-refractivity contribution in [2.24, 2.45) is 4.99 Å². The molecule has 0 fully saturated rings. The summed E-state index contributed by atoms with van der Waals surface area (Å²) in [4.78, 5) is 16.3. The molecule has 6 heteroatoms. The number of carbonyl (C=O) groups is 1. The molecule has 1 aromatic rings. The Morgan fingerprint density at radius 1 is 1.10 bits per heavy atom. The molecule has 116 valence electrons. The summed E-state index contributed by atoms with van der Waals surface area (Å²) in [6, 6.07) is 7.29. The fourth-order valence-corrected chi connectivity index (χ4v) is 1.89. The second-order valence-corrected chi connectivity index (χ2v) is 5.37. The van der Waals surface area contributed by atoms with E-state index in [1.165, 1.54) is 0 Å². The standard InChI is InChI=1S/C15H23BrN4O/c1-3-9-19-15(17-4-2)20-11-10-18-14(21)12-5-7-13(16)8-6-12/h5-8H,3-4,9-11H2,1-2H3,(H,18,21)(H2,17,19,20). The van der Waals surface area contributed by atoms with Crippen LogP contribution in [0.1, 0.15) is 30.6 Å². The molecule has 0 bridgehead atoms. The van der Waals surface area contributed by atoms with E-state index in [0.29, 0.717) is 18.7 Å². The van der Waals surface area contributed by atoms with Crippen LogP contribution in [0.15, 0.2) is 33.7 Å². The number of guanidine groups is 1. The second-order valence-electron chi connectivity index (χ2n) is 4.45. The molecule has 0 aliphatic rings. The maximum Gasteiger partial charge on any atom is 0.251 e. The number of hydrogen-bond acceptors (Lipinski definition) is 2. The van der Waals surface area contributed by atoms with E-state index in [9.17, 15) is 4.79 Å². The summed E-state index contributed by atoms with van der Waals surface area (Å²) >= 11 is 3.35. The minimum Gasteiger partial charge on any atom is -0.357 e. The summed E-state index contributed by atoms with van der Waals surface area (Å²) in [5.74, 6) is 0.719. The highest BCUT2D eigenvalue weighted by molar-refractivity contribution is 9.10. The summed E-state index contributed by atoms with van der Waals surface area (Å²) < 4.78 is 0.961. The summed E-state index contributed by atoms with van der Waals surface area (Å²) in [6.07, 6.45) is 1.01. The summed E-state index contributed by atoms with van der Waals surface area (Å²) in [6.45, 7) is 6.91. The number of nitrogens with one attached hydrogen (secondary N) is 3. The molecule has 5 nitrogen and oxygen atoms in total. The van der Waals surface area contributed by atoms with Gasteiger partial charge in [-0.05, 0) is 37.6 Å². The molecule has 0 radical (unpaired) electrons. The smallest absolute Gasteiger partial charge is 0.251 e. The molecule has 0 saturated carbocycles. The summed E-state index contributed by atoms with van der Waals surface area (Å²) in [5, 5.41) is 9.22. The van der Waals surface area contributed by atoms with Crippen molar-refractivity contribution in [1.82, 2.24) is 16.0 Å². The lowest BCUT2D eigenvalue weighted by atomic mass is 10.2. The van der Waals surface area contributed by atoms with Gasteiger partial charge < -0.3 is 16.0 Å². The van der Waals surface area contributed by atoms with E-state index in [-0.39, 0.29) is 5.91 Å². The summed E-state index contributed by atoms with van der Waals surface area (Å²) in [5.41, 5.74) is 0.657. The van der Waals surface area contributed by atoms with Crippen molar-refractivity contribution in [2.45, 2.75) is 20.3 Å². The van der Waals surface area contributed by atoms with E-state index >= 15 is 0 Å². The lowest BCUT2D eigenvalue weighted by Gasteiger charge is -2.11. The van der Waals surface area contributed by atoms with Gasteiger partial charge in [0.05, 0.1) is 0 Å². The number of benzene rings is 1. The number of nitrogens with zero attached hydrogens (tertiary/aromatic N) is 1. The van der Waals surface area contributed by atoms with Gasteiger partial charge in [-0.25, -0.2) is 0 Å². The third-order valence-electron chi connectivity index (χ3n) is 2.65. The molecular weight excluding hydrogens is 332 g/mol. The Hall–Kier alpha value is -1.56. The van der Waals surface area contributed by atoms with Crippen LogP contribution in [0.2, 0.25) is 0 Å². The van der Waals surface area contributed by atoms with Crippen molar-refractivity contribution in [1.29, 1.82) is 0 Å². The van der Waals surface area contributed by atoms with E-state index in [1.54, 1.807) is 12.1 Å². The van der Waals surface area contributed by atoms with Crippen LogP contribution in [-0.4, -0.2) is 38.0 Å². The van der Waals surface area contributed by atoms with Crippen LogP contribution in [0.4, 0.5) is 0 Å². The molecule has 1 amide bonds. The topological polar surface area (TPSA) is 65.5 Å². The molecule has 1 rings (SSSR count). The quantitative estimate of drug-likeness (QED) is 0.399. The minimum atomic E-state index is -0.0696. The van der Waals surface area contributed by atoms with Crippen LogP contribution in [0.25, 0.3) is 0 Å².